The molecule has 1 aliphatic heterocycles. The number of hydrogen-bond donors (Lipinski definition) is 0. The molecule has 0 fully saturated rings. The van der Waals surface area contributed by atoms with Gasteiger partial charge in [0.15, 0.2) is 5.43 Å². The van der Waals surface area contributed by atoms with Crippen molar-refractivity contribution in [1.82, 2.24) is 10.2 Å². The number of nitro groups is 1. The van der Waals surface area contributed by atoms with Crippen molar-refractivity contribution in [3.8, 4) is 0 Å². The molecule has 2 aromatic carbocycles. The van der Waals surface area contributed by atoms with Crippen LogP contribution in [0.2, 0.25) is 0 Å². The number of anilines is 1. The first-order valence-corrected chi connectivity index (χ1v) is 9.75. The summed E-state index contributed by atoms with van der Waals surface area (Å²) >= 11 is 1.12. The van der Waals surface area contributed by atoms with Crippen LogP contribution in [-0.2, 0) is 0 Å². The monoisotopic (exact) mass is 420 g/mol. The number of amides is 1. The zero-order valence-corrected chi connectivity index (χ0v) is 16.3. The van der Waals surface area contributed by atoms with E-state index in [1.54, 1.807) is 24.3 Å². The second-order valence-corrected chi connectivity index (χ2v) is 7.64. The van der Waals surface area contributed by atoms with Crippen LogP contribution in [0.25, 0.3) is 11.0 Å². The zero-order chi connectivity index (χ0) is 21.0. The Balaban J connectivity index is 1.83. The molecule has 0 radical (unpaired) electrons. The first-order chi connectivity index (χ1) is 14.5. The summed E-state index contributed by atoms with van der Waals surface area (Å²) in [6.07, 6.45) is 0. The summed E-state index contributed by atoms with van der Waals surface area (Å²) < 4.78 is 5.84. The molecule has 4 aromatic rings. The van der Waals surface area contributed by atoms with E-state index in [9.17, 15) is 19.7 Å². The fraction of sp³-hybridized carbons (Fsp3) is 0.100. The topological polar surface area (TPSA) is 119 Å². The van der Waals surface area contributed by atoms with E-state index in [1.165, 1.54) is 28.6 Å². The molecule has 0 aliphatic carbocycles. The van der Waals surface area contributed by atoms with Crippen LogP contribution in [0.3, 0.4) is 0 Å². The lowest BCUT2D eigenvalue weighted by molar-refractivity contribution is -0.384. The lowest BCUT2D eigenvalue weighted by Crippen LogP contribution is -2.29. The van der Waals surface area contributed by atoms with E-state index in [0.717, 1.165) is 16.9 Å². The molecule has 0 saturated carbocycles. The van der Waals surface area contributed by atoms with Gasteiger partial charge >= 0.3 is 0 Å². The highest BCUT2D eigenvalue weighted by atomic mass is 32.1. The predicted molar refractivity (Wildman–Crippen MR) is 109 cm³/mol. The van der Waals surface area contributed by atoms with Gasteiger partial charge in [-0.3, -0.25) is 24.6 Å². The Morgan fingerprint density at radius 1 is 1.20 bits per heavy atom. The van der Waals surface area contributed by atoms with Gasteiger partial charge in [0.1, 0.15) is 11.1 Å². The van der Waals surface area contributed by atoms with Crippen LogP contribution in [-0.4, -0.2) is 21.0 Å². The third-order valence-electron chi connectivity index (χ3n) is 4.98. The van der Waals surface area contributed by atoms with E-state index in [-0.39, 0.29) is 27.6 Å². The molecule has 9 nitrogen and oxygen atoms in total. The molecule has 0 spiro atoms. The van der Waals surface area contributed by atoms with E-state index in [4.69, 9.17) is 4.42 Å². The number of nitro benzene ring substituents is 1. The number of carbonyl (C=O) groups excluding carboxylic acids is 1. The summed E-state index contributed by atoms with van der Waals surface area (Å²) in [7, 11) is 0. The predicted octanol–water partition coefficient (Wildman–Crippen LogP) is 3.61. The molecule has 0 bridgehead atoms. The largest absolute Gasteiger partial charge is 0.450 e. The lowest BCUT2D eigenvalue weighted by atomic mass is 9.98. The van der Waals surface area contributed by atoms with Gasteiger partial charge in [-0.15, -0.1) is 10.2 Å². The number of hydrogen-bond acceptors (Lipinski definition) is 8. The number of aromatic nitrogens is 2. The molecule has 1 aliphatic rings. The molecule has 2 aromatic heterocycles. The van der Waals surface area contributed by atoms with Crippen LogP contribution in [0.1, 0.15) is 33.3 Å². The van der Waals surface area contributed by atoms with Crippen molar-refractivity contribution in [1.29, 1.82) is 0 Å². The summed E-state index contributed by atoms with van der Waals surface area (Å²) in [6, 6.07) is 10.1. The molecule has 1 amide bonds. The fourth-order valence-corrected chi connectivity index (χ4v) is 4.26. The molecular formula is C20H12N4O5S. The Hall–Kier alpha value is -3.92. The van der Waals surface area contributed by atoms with E-state index in [2.05, 4.69) is 10.2 Å². The summed E-state index contributed by atoms with van der Waals surface area (Å²) in [5.41, 5.74) is 2.67. The highest BCUT2D eigenvalue weighted by Gasteiger charge is 2.45. The van der Waals surface area contributed by atoms with E-state index in [1.807, 2.05) is 6.92 Å². The minimum absolute atomic E-state index is 0.0944. The van der Waals surface area contributed by atoms with Crippen molar-refractivity contribution >= 4 is 39.0 Å². The fourth-order valence-electron chi connectivity index (χ4n) is 3.68. The Kier molecular flexibility index (Phi) is 3.97. The minimum atomic E-state index is -0.915. The van der Waals surface area contributed by atoms with Gasteiger partial charge in [-0.1, -0.05) is 35.1 Å². The van der Waals surface area contributed by atoms with Gasteiger partial charge in [0.25, 0.3) is 11.6 Å². The van der Waals surface area contributed by atoms with Gasteiger partial charge in [0.2, 0.25) is 10.9 Å². The number of rotatable bonds is 3. The zero-order valence-electron chi connectivity index (χ0n) is 15.4. The SMILES string of the molecule is Cc1ccc2oc3c(c(=O)c2c1)[C@H](c1cccc([N+](=O)[O-])c1)N(c1nncs1)C3=O. The number of aryl methyl sites for hydroxylation is 1. The highest BCUT2D eigenvalue weighted by Crippen LogP contribution is 2.42. The van der Waals surface area contributed by atoms with Crippen LogP contribution in [0.4, 0.5) is 10.8 Å². The second-order valence-electron chi connectivity index (χ2n) is 6.82. The van der Waals surface area contributed by atoms with Gasteiger partial charge in [-0.25, -0.2) is 0 Å². The van der Waals surface area contributed by atoms with Crippen molar-refractivity contribution in [2.24, 2.45) is 0 Å². The Labute approximate surface area is 172 Å². The third kappa shape index (κ3) is 2.61. The van der Waals surface area contributed by atoms with Crippen LogP contribution in [0, 0.1) is 17.0 Å². The lowest BCUT2D eigenvalue weighted by Gasteiger charge is -2.21. The van der Waals surface area contributed by atoms with Crippen molar-refractivity contribution in [3.05, 3.63) is 90.8 Å². The maximum Gasteiger partial charge on any atom is 0.297 e. The number of fused-ring (bicyclic) bond motifs is 2. The minimum Gasteiger partial charge on any atom is -0.450 e. The maximum atomic E-state index is 13.4. The molecule has 1 atom stereocenters. The Morgan fingerprint density at radius 2 is 2.03 bits per heavy atom. The van der Waals surface area contributed by atoms with Crippen molar-refractivity contribution in [3.63, 3.8) is 0 Å². The molecule has 148 valence electrons. The normalized spacial score (nSPS) is 15.6. The molecule has 5 rings (SSSR count). The van der Waals surface area contributed by atoms with Crippen LogP contribution in [0.15, 0.2) is 57.2 Å². The van der Waals surface area contributed by atoms with Crippen LogP contribution >= 0.6 is 11.3 Å². The molecule has 0 unspecified atom stereocenters. The van der Waals surface area contributed by atoms with Crippen molar-refractivity contribution in [2.75, 3.05) is 4.90 Å². The van der Waals surface area contributed by atoms with E-state index < -0.39 is 16.9 Å². The van der Waals surface area contributed by atoms with Crippen LogP contribution < -0.4 is 10.3 Å². The molecule has 0 saturated heterocycles. The van der Waals surface area contributed by atoms with Gasteiger partial charge in [-0.2, -0.15) is 0 Å². The highest BCUT2D eigenvalue weighted by molar-refractivity contribution is 7.13. The average molecular weight is 420 g/mol. The smallest absolute Gasteiger partial charge is 0.297 e. The first-order valence-electron chi connectivity index (χ1n) is 8.87. The molecule has 30 heavy (non-hydrogen) atoms. The number of benzene rings is 2. The van der Waals surface area contributed by atoms with E-state index in [0.29, 0.717) is 16.5 Å². The van der Waals surface area contributed by atoms with Crippen molar-refractivity contribution < 1.29 is 14.1 Å². The maximum absolute atomic E-state index is 13.4. The number of carbonyl (C=O) groups is 1. The quantitative estimate of drug-likeness (QED) is 0.367. The van der Waals surface area contributed by atoms with Gasteiger partial charge in [0.05, 0.1) is 21.9 Å². The Bertz CT molecular complexity index is 1400. The second kappa shape index (κ2) is 6.56. The molecule has 10 heteroatoms. The van der Waals surface area contributed by atoms with Crippen molar-refractivity contribution in [2.45, 2.75) is 13.0 Å². The summed E-state index contributed by atoms with van der Waals surface area (Å²) in [5.74, 6) is -0.638. The molecular weight excluding hydrogens is 408 g/mol. The number of nitrogens with zero attached hydrogens (tertiary/aromatic N) is 4. The van der Waals surface area contributed by atoms with Gasteiger partial charge in [-0.05, 0) is 24.6 Å². The summed E-state index contributed by atoms with van der Waals surface area (Å²) in [4.78, 5) is 38.8. The summed E-state index contributed by atoms with van der Waals surface area (Å²) in [6.45, 7) is 1.85. The Morgan fingerprint density at radius 3 is 2.77 bits per heavy atom. The third-order valence-corrected chi connectivity index (χ3v) is 5.67. The van der Waals surface area contributed by atoms with Crippen LogP contribution in [0.5, 0.6) is 0 Å². The van der Waals surface area contributed by atoms with Gasteiger partial charge < -0.3 is 4.42 Å². The molecule has 0 N–H and O–H groups in total. The van der Waals surface area contributed by atoms with Gasteiger partial charge in [0, 0.05) is 12.1 Å². The average Bonchev–Trinajstić information content (AvgIpc) is 3.35. The standard InChI is InChI=1S/C20H12N4O5S/c1-10-5-6-14-13(7-10)17(25)15-16(11-3-2-4-12(8-11)24(27)28)23(19(26)18(15)29-14)20-22-21-9-30-20/h2-9,16H,1H3/t16-/m0/s1. The summed E-state index contributed by atoms with van der Waals surface area (Å²) in [5, 5.41) is 19.7. The molecule has 3 heterocycles. The number of non-ortho nitro benzene ring substituents is 1. The first kappa shape index (κ1) is 18.1. The van der Waals surface area contributed by atoms with E-state index >= 15 is 0 Å².